The molecular weight excluding hydrogens is 297 g/mol. The van der Waals surface area contributed by atoms with Crippen LogP contribution in [0.5, 0.6) is 0 Å². The van der Waals surface area contributed by atoms with Crippen molar-refractivity contribution in [2.75, 3.05) is 19.5 Å². The maximum absolute atomic E-state index is 12.1. The largest absolute Gasteiger partial charge is 0.344 e. The van der Waals surface area contributed by atoms with E-state index in [2.05, 4.69) is 4.98 Å². The van der Waals surface area contributed by atoms with E-state index in [1.807, 2.05) is 17.6 Å². The van der Waals surface area contributed by atoms with Gasteiger partial charge in [-0.2, -0.15) is 0 Å². The molecule has 1 amide bonds. The number of carbonyl (C=O) groups excluding carboxylic acids is 1. The van der Waals surface area contributed by atoms with E-state index in [4.69, 9.17) is 23.2 Å². The molecule has 0 spiro atoms. The van der Waals surface area contributed by atoms with E-state index < -0.39 is 0 Å². The number of nitrogens with zero attached hydrogens (tertiary/aromatic N) is 3. The summed E-state index contributed by atoms with van der Waals surface area (Å²) < 4.78 is 1.92. The molecule has 0 atom stereocenters. The zero-order valence-corrected chi connectivity index (χ0v) is 13.1. The van der Waals surface area contributed by atoms with Gasteiger partial charge in [0.05, 0.1) is 11.0 Å². The summed E-state index contributed by atoms with van der Waals surface area (Å²) in [6.07, 6.45) is 0.622. The van der Waals surface area contributed by atoms with E-state index in [-0.39, 0.29) is 12.5 Å². The lowest BCUT2D eigenvalue weighted by Gasteiger charge is -2.16. The number of amides is 1. The Balaban J connectivity index is 2.43. The van der Waals surface area contributed by atoms with Crippen molar-refractivity contribution in [3.63, 3.8) is 0 Å². The summed E-state index contributed by atoms with van der Waals surface area (Å²) in [6, 6.07) is 5.50. The van der Waals surface area contributed by atoms with E-state index in [9.17, 15) is 4.79 Å². The highest BCUT2D eigenvalue weighted by Crippen LogP contribution is 2.21. The minimum atomic E-state index is 0.0533. The second-order valence-corrected chi connectivity index (χ2v) is 5.41. The summed E-state index contributed by atoms with van der Waals surface area (Å²) >= 11 is 11.8. The number of rotatable bonds is 5. The quantitative estimate of drug-likeness (QED) is 0.796. The zero-order valence-electron chi connectivity index (χ0n) is 11.6. The second kappa shape index (κ2) is 6.46. The van der Waals surface area contributed by atoms with Gasteiger partial charge in [-0.1, -0.05) is 11.6 Å². The van der Waals surface area contributed by atoms with E-state index >= 15 is 0 Å². The SMILES string of the molecule is CCN(C)C(=O)Cn1c(CCCl)nc2cc(Cl)ccc21. The molecule has 0 saturated carbocycles. The van der Waals surface area contributed by atoms with E-state index in [0.717, 1.165) is 16.9 Å². The van der Waals surface area contributed by atoms with Gasteiger partial charge >= 0.3 is 0 Å². The Morgan fingerprint density at radius 2 is 2.20 bits per heavy atom. The lowest BCUT2D eigenvalue weighted by atomic mass is 10.3. The van der Waals surface area contributed by atoms with Crippen LogP contribution in [0.3, 0.4) is 0 Å². The van der Waals surface area contributed by atoms with Gasteiger partial charge < -0.3 is 9.47 Å². The Bertz CT molecular complexity index is 624. The van der Waals surface area contributed by atoms with Gasteiger partial charge in [0.2, 0.25) is 5.91 Å². The topological polar surface area (TPSA) is 38.1 Å². The summed E-state index contributed by atoms with van der Waals surface area (Å²) in [7, 11) is 1.79. The first-order valence-electron chi connectivity index (χ1n) is 6.51. The summed E-state index contributed by atoms with van der Waals surface area (Å²) in [4.78, 5) is 18.3. The summed E-state index contributed by atoms with van der Waals surface area (Å²) in [5, 5.41) is 0.636. The molecule has 0 N–H and O–H groups in total. The van der Waals surface area contributed by atoms with Crippen molar-refractivity contribution in [2.24, 2.45) is 0 Å². The van der Waals surface area contributed by atoms with Gasteiger partial charge in [0.15, 0.2) is 0 Å². The fourth-order valence-electron chi connectivity index (χ4n) is 2.04. The predicted molar refractivity (Wildman–Crippen MR) is 82.5 cm³/mol. The maximum Gasteiger partial charge on any atom is 0.242 e. The van der Waals surface area contributed by atoms with Gasteiger partial charge in [-0.15, -0.1) is 11.6 Å². The van der Waals surface area contributed by atoms with E-state index in [0.29, 0.717) is 23.9 Å². The molecule has 0 aliphatic rings. The molecular formula is C14H17Cl2N3O. The lowest BCUT2D eigenvalue weighted by molar-refractivity contribution is -0.130. The fourth-order valence-corrected chi connectivity index (χ4v) is 2.37. The number of likely N-dealkylation sites (N-methyl/N-ethyl adjacent to an activating group) is 1. The summed E-state index contributed by atoms with van der Waals surface area (Å²) in [6.45, 7) is 2.90. The molecule has 20 heavy (non-hydrogen) atoms. The average Bonchev–Trinajstić information content (AvgIpc) is 2.75. The molecule has 1 aromatic heterocycles. The molecule has 108 valence electrons. The number of imidazole rings is 1. The van der Waals surface area contributed by atoms with E-state index in [1.165, 1.54) is 0 Å². The molecule has 1 heterocycles. The van der Waals surface area contributed by atoms with Crippen molar-refractivity contribution in [1.29, 1.82) is 0 Å². The van der Waals surface area contributed by atoms with Gasteiger partial charge in [-0.3, -0.25) is 4.79 Å². The first-order chi connectivity index (χ1) is 9.56. The number of fused-ring (bicyclic) bond motifs is 1. The van der Waals surface area contributed by atoms with Gasteiger partial charge in [0.25, 0.3) is 0 Å². The number of benzene rings is 1. The van der Waals surface area contributed by atoms with Crippen LogP contribution in [0.15, 0.2) is 18.2 Å². The molecule has 2 aromatic rings. The maximum atomic E-state index is 12.1. The molecule has 0 saturated heterocycles. The zero-order chi connectivity index (χ0) is 14.7. The number of alkyl halides is 1. The molecule has 2 rings (SSSR count). The molecule has 0 bridgehead atoms. The first-order valence-corrected chi connectivity index (χ1v) is 7.42. The van der Waals surface area contributed by atoms with Crippen LogP contribution in [-0.4, -0.2) is 39.8 Å². The van der Waals surface area contributed by atoms with Gasteiger partial charge in [0.1, 0.15) is 12.4 Å². The van der Waals surface area contributed by atoms with Gasteiger partial charge in [0, 0.05) is 30.9 Å². The molecule has 0 fully saturated rings. The number of aryl methyl sites for hydroxylation is 1. The van der Waals surface area contributed by atoms with Crippen molar-refractivity contribution in [3.05, 3.63) is 29.0 Å². The van der Waals surface area contributed by atoms with Crippen molar-refractivity contribution < 1.29 is 4.79 Å². The highest BCUT2D eigenvalue weighted by atomic mass is 35.5. The predicted octanol–water partition coefficient (Wildman–Crippen LogP) is 2.95. The number of hydrogen-bond acceptors (Lipinski definition) is 2. The third-order valence-corrected chi connectivity index (χ3v) is 3.72. The van der Waals surface area contributed by atoms with Gasteiger partial charge in [-0.25, -0.2) is 4.98 Å². The first kappa shape index (κ1) is 15.1. The minimum absolute atomic E-state index is 0.0533. The summed E-state index contributed by atoms with van der Waals surface area (Å²) in [5.74, 6) is 1.34. The Kier molecular flexibility index (Phi) is 4.89. The highest BCUT2D eigenvalue weighted by Gasteiger charge is 2.15. The van der Waals surface area contributed by atoms with Crippen LogP contribution in [0, 0.1) is 0 Å². The van der Waals surface area contributed by atoms with Crippen LogP contribution in [0.1, 0.15) is 12.7 Å². The Labute approximate surface area is 128 Å². The second-order valence-electron chi connectivity index (χ2n) is 4.59. The van der Waals surface area contributed by atoms with Crippen LogP contribution in [0.25, 0.3) is 11.0 Å². The van der Waals surface area contributed by atoms with Crippen LogP contribution in [0.2, 0.25) is 5.02 Å². The molecule has 0 unspecified atom stereocenters. The molecule has 6 heteroatoms. The molecule has 1 aromatic carbocycles. The normalized spacial score (nSPS) is 11.0. The Morgan fingerprint density at radius 1 is 1.45 bits per heavy atom. The van der Waals surface area contributed by atoms with Crippen molar-refractivity contribution in [2.45, 2.75) is 19.9 Å². The molecule has 0 aliphatic carbocycles. The average molecular weight is 314 g/mol. The van der Waals surface area contributed by atoms with Crippen LogP contribution >= 0.6 is 23.2 Å². The highest BCUT2D eigenvalue weighted by molar-refractivity contribution is 6.31. The lowest BCUT2D eigenvalue weighted by Crippen LogP contribution is -2.30. The van der Waals surface area contributed by atoms with Crippen LogP contribution in [-0.2, 0) is 17.8 Å². The summed E-state index contributed by atoms with van der Waals surface area (Å²) in [5.41, 5.74) is 1.71. The smallest absolute Gasteiger partial charge is 0.242 e. The monoisotopic (exact) mass is 313 g/mol. The minimum Gasteiger partial charge on any atom is -0.344 e. The third kappa shape index (κ3) is 3.07. The number of halogens is 2. The van der Waals surface area contributed by atoms with E-state index in [1.54, 1.807) is 24.1 Å². The van der Waals surface area contributed by atoms with Crippen molar-refractivity contribution >= 4 is 40.1 Å². The van der Waals surface area contributed by atoms with Crippen molar-refractivity contribution in [1.82, 2.24) is 14.5 Å². The fraction of sp³-hybridized carbons (Fsp3) is 0.429. The molecule has 0 aliphatic heterocycles. The van der Waals surface area contributed by atoms with Gasteiger partial charge in [-0.05, 0) is 25.1 Å². The standard InChI is InChI=1S/C14H17Cl2N3O/c1-3-18(2)14(20)9-19-12-5-4-10(16)8-11(12)17-13(19)6-7-15/h4-5,8H,3,6-7,9H2,1-2H3. The van der Waals surface area contributed by atoms with Crippen LogP contribution in [0.4, 0.5) is 0 Å². The third-order valence-electron chi connectivity index (χ3n) is 3.30. The van der Waals surface area contributed by atoms with Crippen molar-refractivity contribution in [3.8, 4) is 0 Å². The number of carbonyl (C=O) groups is 1. The number of hydrogen-bond donors (Lipinski definition) is 0. The molecule has 4 nitrogen and oxygen atoms in total. The molecule has 0 radical (unpaired) electrons. The number of aromatic nitrogens is 2. The Hall–Kier alpha value is -1.26. The van der Waals surface area contributed by atoms with Crippen LogP contribution < -0.4 is 0 Å². The Morgan fingerprint density at radius 3 is 2.85 bits per heavy atom.